The molecule has 2 aliphatic rings. The van der Waals surface area contributed by atoms with E-state index in [2.05, 4.69) is 10.1 Å². The van der Waals surface area contributed by atoms with Crippen molar-refractivity contribution in [1.29, 1.82) is 0 Å². The number of benzene rings is 2. The third kappa shape index (κ3) is 2.56. The summed E-state index contributed by atoms with van der Waals surface area (Å²) >= 11 is 0. The average Bonchev–Trinajstić information content (AvgIpc) is 3.16. The van der Waals surface area contributed by atoms with E-state index < -0.39 is 16.3 Å². The number of hydrogen-bond acceptors (Lipinski definition) is 6. The van der Waals surface area contributed by atoms with Crippen molar-refractivity contribution in [3.8, 4) is 0 Å². The van der Waals surface area contributed by atoms with Crippen LogP contribution in [0.15, 0.2) is 80.5 Å². The minimum Gasteiger partial charge on any atom is -0.390 e. The molecule has 0 radical (unpaired) electrons. The van der Waals surface area contributed by atoms with E-state index >= 15 is 0 Å². The fourth-order valence-electron chi connectivity index (χ4n) is 3.76. The van der Waals surface area contributed by atoms with E-state index in [1.807, 2.05) is 30.3 Å². The number of imidazole rings is 1. The minimum atomic E-state index is -0.533. The Hall–Kier alpha value is -4.13. The second-order valence-electron chi connectivity index (χ2n) is 7.03. The van der Waals surface area contributed by atoms with Gasteiger partial charge in [0.05, 0.1) is 16.8 Å². The lowest BCUT2D eigenvalue weighted by Gasteiger charge is -2.02. The van der Waals surface area contributed by atoms with Crippen LogP contribution in [0.5, 0.6) is 0 Å². The third-order valence-corrected chi connectivity index (χ3v) is 5.19. The van der Waals surface area contributed by atoms with Crippen LogP contribution in [0, 0.1) is 10.4 Å². The fraction of sp³-hybridized carbons (Fsp3) is 0.0870. The molecule has 0 atom stereocenters. The summed E-state index contributed by atoms with van der Waals surface area (Å²) in [4.78, 5) is 49.3. The van der Waals surface area contributed by atoms with Gasteiger partial charge >= 0.3 is 0 Å². The maximum absolute atomic E-state index is 13.3. The quantitative estimate of drug-likeness (QED) is 0.430. The summed E-state index contributed by atoms with van der Waals surface area (Å²) in [6, 6.07) is 15.9. The number of rotatable bonds is 3. The van der Waals surface area contributed by atoms with Gasteiger partial charge in [0.25, 0.3) is 0 Å². The lowest BCUT2D eigenvalue weighted by molar-refractivity contribution is 0.120. The normalized spacial score (nSPS) is 12.2. The van der Waals surface area contributed by atoms with Gasteiger partial charge in [0.1, 0.15) is 23.0 Å². The van der Waals surface area contributed by atoms with Gasteiger partial charge in [-0.3, -0.25) is 14.4 Å². The Bertz CT molecular complexity index is 1710. The van der Waals surface area contributed by atoms with Crippen LogP contribution in [0.4, 0.5) is 0 Å². The van der Waals surface area contributed by atoms with Crippen molar-refractivity contribution < 1.29 is 4.84 Å². The number of hydrogen-bond donors (Lipinski definition) is 0. The Balaban J connectivity index is 1.94. The van der Waals surface area contributed by atoms with Crippen LogP contribution in [0.1, 0.15) is 5.56 Å². The van der Waals surface area contributed by atoms with Gasteiger partial charge in [0, 0.05) is 17.8 Å². The SMILES string of the molecule is Cn1cnc2/c(=N\OCc3ccccc3)c3c(=O)c4ccccc4c(=O)c=3c(=O)c21. The predicted octanol–water partition coefficient (Wildman–Crippen LogP) is 1.44. The van der Waals surface area contributed by atoms with Crippen LogP contribution in [-0.4, -0.2) is 9.55 Å². The first-order valence-electron chi connectivity index (χ1n) is 9.31. The molecule has 1 aromatic heterocycles. The summed E-state index contributed by atoms with van der Waals surface area (Å²) in [7, 11) is 1.65. The molecule has 30 heavy (non-hydrogen) atoms. The second kappa shape index (κ2) is 6.73. The molecule has 0 aliphatic heterocycles. The van der Waals surface area contributed by atoms with Gasteiger partial charge in [-0.25, -0.2) is 4.98 Å². The number of fused-ring (bicyclic) bond motifs is 2. The van der Waals surface area contributed by atoms with E-state index in [0.29, 0.717) is 0 Å². The lowest BCUT2D eigenvalue weighted by atomic mass is 10.0. The largest absolute Gasteiger partial charge is 0.390 e. The standard InChI is InChI=1S/C23H15N3O4/c1-26-12-24-19-18(25-30-11-13-7-3-2-4-8-13)16-17(23(29)20(19)26)22(28)15-10-6-5-9-14(15)21(16)27/h2-10,12H,11H2,1H3/b25-18-. The van der Waals surface area contributed by atoms with Crippen LogP contribution >= 0.6 is 0 Å². The molecule has 0 saturated heterocycles. The zero-order valence-electron chi connectivity index (χ0n) is 16.0. The van der Waals surface area contributed by atoms with E-state index in [4.69, 9.17) is 4.84 Å². The van der Waals surface area contributed by atoms with Crippen molar-refractivity contribution in [2.75, 3.05) is 0 Å². The minimum absolute atomic E-state index is 0.0528. The fourth-order valence-corrected chi connectivity index (χ4v) is 3.76. The van der Waals surface area contributed by atoms with E-state index in [-0.39, 0.29) is 44.2 Å². The molecule has 0 spiro atoms. The second-order valence-corrected chi connectivity index (χ2v) is 7.03. The highest BCUT2D eigenvalue weighted by Crippen LogP contribution is 2.08. The summed E-state index contributed by atoms with van der Waals surface area (Å²) in [5.74, 6) is 0. The number of nitrogens with zero attached hydrogens (tertiary/aromatic N) is 3. The first-order chi connectivity index (χ1) is 14.6. The molecule has 0 N–H and O–H groups in total. The Morgan fingerprint density at radius 1 is 0.867 bits per heavy atom. The summed E-state index contributed by atoms with van der Waals surface area (Å²) in [5.41, 5.74) is -0.138. The first kappa shape index (κ1) is 17.9. The number of aromatic nitrogens is 2. The smallest absolute Gasteiger partial charge is 0.216 e. The van der Waals surface area contributed by atoms with Crippen LogP contribution < -0.4 is 21.6 Å². The highest BCUT2D eigenvalue weighted by Gasteiger charge is 2.18. The van der Waals surface area contributed by atoms with Gasteiger partial charge in [-0.05, 0) is 5.56 Å². The van der Waals surface area contributed by atoms with Gasteiger partial charge < -0.3 is 9.40 Å². The molecule has 7 heteroatoms. The Morgan fingerprint density at radius 3 is 2.20 bits per heavy atom. The number of aryl methyl sites for hydroxylation is 1. The molecule has 3 aromatic rings. The maximum Gasteiger partial charge on any atom is 0.216 e. The molecule has 2 aromatic carbocycles. The zero-order valence-corrected chi connectivity index (χ0v) is 16.0. The van der Waals surface area contributed by atoms with Crippen LogP contribution in [0.25, 0.3) is 21.8 Å². The van der Waals surface area contributed by atoms with Crippen molar-refractivity contribution in [2.45, 2.75) is 6.61 Å². The van der Waals surface area contributed by atoms with Crippen LogP contribution in [-0.2, 0) is 18.5 Å². The van der Waals surface area contributed by atoms with Crippen molar-refractivity contribution in [2.24, 2.45) is 12.2 Å². The molecular weight excluding hydrogens is 382 g/mol. The molecular formula is C23H15N3O4. The Morgan fingerprint density at radius 2 is 1.50 bits per heavy atom. The van der Waals surface area contributed by atoms with Gasteiger partial charge in [-0.2, -0.15) is 0 Å². The van der Waals surface area contributed by atoms with Gasteiger partial charge in [-0.1, -0.05) is 59.8 Å². The van der Waals surface area contributed by atoms with E-state index in [1.54, 1.807) is 31.3 Å². The summed E-state index contributed by atoms with van der Waals surface area (Å²) in [5, 5.41) is 4.48. The Labute approximate surface area is 168 Å². The molecule has 146 valence electrons. The van der Waals surface area contributed by atoms with E-state index in [9.17, 15) is 14.4 Å². The highest BCUT2D eigenvalue weighted by atomic mass is 16.6. The molecule has 7 nitrogen and oxygen atoms in total. The lowest BCUT2D eigenvalue weighted by Crippen LogP contribution is -2.30. The predicted molar refractivity (Wildman–Crippen MR) is 111 cm³/mol. The molecule has 0 bridgehead atoms. The third-order valence-electron chi connectivity index (χ3n) is 5.19. The average molecular weight is 397 g/mol. The summed E-state index contributed by atoms with van der Waals surface area (Å²) < 4.78 is 1.52. The van der Waals surface area contributed by atoms with Crippen molar-refractivity contribution >= 4 is 21.8 Å². The molecule has 0 saturated carbocycles. The molecule has 5 rings (SSSR count). The van der Waals surface area contributed by atoms with Crippen molar-refractivity contribution in [1.82, 2.24) is 9.55 Å². The zero-order chi connectivity index (χ0) is 20.8. The Kier molecular flexibility index (Phi) is 4.03. The molecule has 2 aliphatic carbocycles. The van der Waals surface area contributed by atoms with Gasteiger partial charge in [-0.15, -0.1) is 0 Å². The first-order valence-corrected chi connectivity index (χ1v) is 9.31. The van der Waals surface area contributed by atoms with E-state index in [0.717, 1.165) is 5.56 Å². The van der Waals surface area contributed by atoms with Crippen molar-refractivity contribution in [3.63, 3.8) is 0 Å². The molecule has 0 fully saturated rings. The van der Waals surface area contributed by atoms with E-state index in [1.165, 1.54) is 10.9 Å². The van der Waals surface area contributed by atoms with Gasteiger partial charge in [0.2, 0.25) is 5.43 Å². The molecule has 0 unspecified atom stereocenters. The van der Waals surface area contributed by atoms with Crippen LogP contribution in [0.3, 0.4) is 0 Å². The summed E-state index contributed by atoms with van der Waals surface area (Å²) in [6.45, 7) is 0.168. The van der Waals surface area contributed by atoms with Gasteiger partial charge in [0.15, 0.2) is 10.9 Å². The molecule has 1 heterocycles. The highest BCUT2D eigenvalue weighted by molar-refractivity contribution is 5.84. The molecule has 0 amide bonds. The van der Waals surface area contributed by atoms with Crippen molar-refractivity contribution in [3.05, 3.63) is 113 Å². The monoisotopic (exact) mass is 397 g/mol. The summed E-state index contributed by atoms with van der Waals surface area (Å²) in [6.07, 6.45) is 1.45. The maximum atomic E-state index is 13.3. The topological polar surface area (TPSA) is 90.6 Å². The van der Waals surface area contributed by atoms with Crippen LogP contribution in [0.2, 0.25) is 0 Å².